The largest absolute Gasteiger partial charge is 0.482 e. The number of amides is 2. The van der Waals surface area contributed by atoms with Gasteiger partial charge in [-0.05, 0) is 69.1 Å². The van der Waals surface area contributed by atoms with Crippen molar-refractivity contribution in [3.63, 3.8) is 0 Å². The molecule has 0 unspecified atom stereocenters. The standard InChI is InChI=1S/C29H37N3O4/c1-4-31(17-7-16-30)27(33)23-12-10-22(11-13-23)25-20-29(36-26-9-6-5-8-24(25)26)14-18-32(19-15-29)28(34)35-21(2)3/h5-6,8-13,20-21H,4,7,14-19,30H2,1-3H3. The highest BCUT2D eigenvalue weighted by Crippen LogP contribution is 2.43. The van der Waals surface area contributed by atoms with E-state index in [1.165, 1.54) is 0 Å². The van der Waals surface area contributed by atoms with Crippen molar-refractivity contribution in [3.05, 3.63) is 71.3 Å². The summed E-state index contributed by atoms with van der Waals surface area (Å²) in [6, 6.07) is 15.9. The topological polar surface area (TPSA) is 85.1 Å². The van der Waals surface area contributed by atoms with Crippen molar-refractivity contribution in [3.8, 4) is 5.75 Å². The number of nitrogens with two attached hydrogens (primary N) is 1. The Labute approximate surface area is 213 Å². The first-order valence-electron chi connectivity index (χ1n) is 12.9. The van der Waals surface area contributed by atoms with Crippen molar-refractivity contribution in [2.45, 2.75) is 51.7 Å². The van der Waals surface area contributed by atoms with Crippen LogP contribution in [0.25, 0.3) is 5.57 Å². The Hall–Kier alpha value is -3.32. The van der Waals surface area contributed by atoms with Gasteiger partial charge in [0, 0.05) is 50.1 Å². The maximum absolute atomic E-state index is 13.0. The molecular weight excluding hydrogens is 454 g/mol. The van der Waals surface area contributed by atoms with Gasteiger partial charge in [0.25, 0.3) is 5.91 Å². The maximum Gasteiger partial charge on any atom is 0.410 e. The first kappa shape index (κ1) is 25.8. The summed E-state index contributed by atoms with van der Waals surface area (Å²) >= 11 is 0. The number of rotatable bonds is 7. The van der Waals surface area contributed by atoms with E-state index in [4.69, 9.17) is 15.2 Å². The van der Waals surface area contributed by atoms with Crippen molar-refractivity contribution < 1.29 is 19.1 Å². The van der Waals surface area contributed by atoms with Crippen LogP contribution in [0.1, 0.15) is 61.5 Å². The summed E-state index contributed by atoms with van der Waals surface area (Å²) in [5.41, 5.74) is 8.96. The van der Waals surface area contributed by atoms with Gasteiger partial charge in [-0.1, -0.05) is 30.3 Å². The summed E-state index contributed by atoms with van der Waals surface area (Å²) in [5, 5.41) is 0. The number of fused-ring (bicyclic) bond motifs is 1. The lowest BCUT2D eigenvalue weighted by atomic mass is 9.83. The first-order chi connectivity index (χ1) is 17.4. The molecule has 36 heavy (non-hydrogen) atoms. The number of carbonyl (C=O) groups is 2. The summed E-state index contributed by atoms with van der Waals surface area (Å²) in [6.45, 7) is 8.73. The zero-order valence-electron chi connectivity index (χ0n) is 21.5. The van der Waals surface area contributed by atoms with Crippen LogP contribution in [0.2, 0.25) is 0 Å². The Kier molecular flexibility index (Phi) is 7.99. The van der Waals surface area contributed by atoms with E-state index >= 15 is 0 Å². The van der Waals surface area contributed by atoms with E-state index in [0.717, 1.165) is 28.9 Å². The number of nitrogens with zero attached hydrogens (tertiary/aromatic N) is 2. The molecule has 1 spiro atoms. The predicted molar refractivity (Wildman–Crippen MR) is 141 cm³/mol. The number of hydrogen-bond donors (Lipinski definition) is 1. The highest BCUT2D eigenvalue weighted by atomic mass is 16.6. The van der Waals surface area contributed by atoms with Crippen LogP contribution in [0.5, 0.6) is 5.75 Å². The second-order valence-electron chi connectivity index (χ2n) is 9.74. The summed E-state index contributed by atoms with van der Waals surface area (Å²) in [5.74, 6) is 0.864. The molecule has 0 bridgehead atoms. The summed E-state index contributed by atoms with van der Waals surface area (Å²) in [7, 11) is 0. The molecule has 1 fully saturated rings. The van der Waals surface area contributed by atoms with Crippen molar-refractivity contribution in [1.29, 1.82) is 0 Å². The summed E-state index contributed by atoms with van der Waals surface area (Å²) in [4.78, 5) is 28.9. The molecule has 0 saturated carbocycles. The van der Waals surface area contributed by atoms with E-state index in [9.17, 15) is 9.59 Å². The molecule has 2 N–H and O–H groups in total. The lowest BCUT2D eigenvalue weighted by molar-refractivity contribution is 0.0228. The predicted octanol–water partition coefficient (Wildman–Crippen LogP) is 4.70. The van der Waals surface area contributed by atoms with Crippen molar-refractivity contribution in [2.24, 2.45) is 5.73 Å². The normalized spacial score (nSPS) is 16.2. The number of piperidine rings is 1. The average molecular weight is 492 g/mol. The average Bonchev–Trinajstić information content (AvgIpc) is 2.88. The fraction of sp³-hybridized carbons (Fsp3) is 0.448. The van der Waals surface area contributed by atoms with Crippen LogP contribution < -0.4 is 10.5 Å². The Bertz CT molecular complexity index is 1100. The quantitative estimate of drug-likeness (QED) is 0.607. The van der Waals surface area contributed by atoms with E-state index in [1.54, 1.807) is 4.90 Å². The van der Waals surface area contributed by atoms with Crippen LogP contribution in [-0.4, -0.2) is 66.2 Å². The fourth-order valence-electron chi connectivity index (χ4n) is 4.86. The Balaban J connectivity index is 1.58. The van der Waals surface area contributed by atoms with Gasteiger partial charge in [0.1, 0.15) is 11.4 Å². The van der Waals surface area contributed by atoms with Gasteiger partial charge in [0.2, 0.25) is 0 Å². The molecule has 0 aromatic heterocycles. The number of carbonyl (C=O) groups excluding carboxylic acids is 2. The molecule has 2 aromatic rings. The van der Waals surface area contributed by atoms with E-state index < -0.39 is 5.60 Å². The Morgan fingerprint density at radius 3 is 2.44 bits per heavy atom. The smallest absolute Gasteiger partial charge is 0.410 e. The molecule has 2 aromatic carbocycles. The maximum atomic E-state index is 13.0. The number of ether oxygens (including phenoxy) is 2. The van der Waals surface area contributed by atoms with Gasteiger partial charge in [0.15, 0.2) is 0 Å². The zero-order valence-corrected chi connectivity index (χ0v) is 21.5. The first-order valence-corrected chi connectivity index (χ1v) is 12.9. The molecule has 2 aliphatic rings. The van der Waals surface area contributed by atoms with Crippen molar-refractivity contribution in [1.82, 2.24) is 9.80 Å². The molecule has 2 aliphatic heterocycles. The minimum Gasteiger partial charge on any atom is -0.482 e. The molecular formula is C29H37N3O4. The SMILES string of the molecule is CCN(CCCN)C(=O)c1ccc(C2=CC3(CCN(C(=O)OC(C)C)CC3)Oc3ccccc32)cc1. The lowest BCUT2D eigenvalue weighted by Gasteiger charge is -2.42. The third-order valence-electron chi connectivity index (χ3n) is 6.85. The highest BCUT2D eigenvalue weighted by Gasteiger charge is 2.40. The van der Waals surface area contributed by atoms with Gasteiger partial charge in [0.05, 0.1) is 6.10 Å². The van der Waals surface area contributed by atoms with Crippen LogP contribution in [-0.2, 0) is 4.74 Å². The van der Waals surface area contributed by atoms with Gasteiger partial charge in [-0.25, -0.2) is 4.79 Å². The third kappa shape index (κ3) is 5.57. The minimum absolute atomic E-state index is 0.0241. The van der Waals surface area contributed by atoms with Crippen LogP contribution in [0, 0.1) is 0 Å². The number of para-hydroxylation sites is 1. The molecule has 7 nitrogen and oxygen atoms in total. The molecule has 2 heterocycles. The Morgan fingerprint density at radius 1 is 1.11 bits per heavy atom. The summed E-state index contributed by atoms with van der Waals surface area (Å²) < 4.78 is 11.9. The minimum atomic E-state index is -0.492. The van der Waals surface area contributed by atoms with Crippen LogP contribution >= 0.6 is 0 Å². The van der Waals surface area contributed by atoms with Gasteiger partial charge in [-0.2, -0.15) is 0 Å². The van der Waals surface area contributed by atoms with Crippen LogP contribution in [0.15, 0.2) is 54.6 Å². The molecule has 2 amide bonds. The van der Waals surface area contributed by atoms with E-state index in [2.05, 4.69) is 12.1 Å². The zero-order chi connectivity index (χ0) is 25.7. The lowest BCUT2D eigenvalue weighted by Crippen LogP contribution is -2.50. The fourth-order valence-corrected chi connectivity index (χ4v) is 4.86. The molecule has 4 rings (SSSR count). The van der Waals surface area contributed by atoms with Crippen molar-refractivity contribution in [2.75, 3.05) is 32.7 Å². The van der Waals surface area contributed by atoms with Crippen LogP contribution in [0.3, 0.4) is 0 Å². The highest BCUT2D eigenvalue weighted by molar-refractivity contribution is 5.95. The number of likely N-dealkylation sites (tertiary alicyclic amines) is 1. The van der Waals surface area contributed by atoms with E-state index in [1.807, 2.05) is 68.1 Å². The third-order valence-corrected chi connectivity index (χ3v) is 6.85. The van der Waals surface area contributed by atoms with Gasteiger partial charge >= 0.3 is 6.09 Å². The number of benzene rings is 2. The Morgan fingerprint density at radius 2 is 1.81 bits per heavy atom. The van der Waals surface area contributed by atoms with Crippen LogP contribution in [0.4, 0.5) is 4.79 Å². The summed E-state index contributed by atoms with van der Waals surface area (Å²) in [6.07, 6.45) is 3.95. The monoisotopic (exact) mass is 491 g/mol. The van der Waals surface area contributed by atoms with Gasteiger partial charge < -0.3 is 25.0 Å². The molecule has 0 atom stereocenters. The van der Waals surface area contributed by atoms with Gasteiger partial charge in [-0.15, -0.1) is 0 Å². The molecule has 0 aliphatic carbocycles. The molecule has 1 saturated heterocycles. The molecule has 192 valence electrons. The van der Waals surface area contributed by atoms with Gasteiger partial charge in [-0.3, -0.25) is 4.79 Å². The second-order valence-corrected chi connectivity index (χ2v) is 9.74. The van der Waals surface area contributed by atoms with Crippen molar-refractivity contribution >= 4 is 17.6 Å². The van der Waals surface area contributed by atoms with E-state index in [-0.39, 0.29) is 18.1 Å². The number of hydrogen-bond acceptors (Lipinski definition) is 5. The molecule has 7 heteroatoms. The second kappa shape index (κ2) is 11.2. The van der Waals surface area contributed by atoms with E-state index in [0.29, 0.717) is 51.1 Å². The molecule has 0 radical (unpaired) electrons.